The highest BCUT2D eigenvalue weighted by Crippen LogP contribution is 2.25. The number of sulfonamides is 1. The summed E-state index contributed by atoms with van der Waals surface area (Å²) < 4.78 is 32.8. The van der Waals surface area contributed by atoms with Gasteiger partial charge in [0, 0.05) is 36.4 Å². The van der Waals surface area contributed by atoms with Gasteiger partial charge in [-0.25, -0.2) is 8.42 Å². The molecule has 35 heavy (non-hydrogen) atoms. The van der Waals surface area contributed by atoms with Gasteiger partial charge in [0.1, 0.15) is 5.75 Å². The predicted octanol–water partition coefficient (Wildman–Crippen LogP) is 3.89. The first-order valence-corrected chi connectivity index (χ1v) is 13.7. The van der Waals surface area contributed by atoms with Crippen LogP contribution in [0.1, 0.15) is 56.3 Å². The van der Waals surface area contributed by atoms with Gasteiger partial charge in [0.25, 0.3) is 11.8 Å². The quantitative estimate of drug-likeness (QED) is 0.624. The largest absolute Gasteiger partial charge is 0.484 e. The van der Waals surface area contributed by atoms with E-state index >= 15 is 0 Å². The maximum atomic E-state index is 12.8. The maximum Gasteiger partial charge on any atom is 0.260 e. The Hall–Kier alpha value is -2.91. The van der Waals surface area contributed by atoms with Gasteiger partial charge in [-0.05, 0) is 88.4 Å². The standard InChI is InChI=1S/C26H33N3O5S/c1-19-7-5-8-20(2)29(19)25(30)18-34-23-13-11-21(12-14-23)26(31)27-22-9-6-10-24(17-22)35(32,33)28-15-3-4-16-28/h6,9-14,17,19-20H,3-5,7-8,15-16,18H2,1-2H3,(H,27,31). The summed E-state index contributed by atoms with van der Waals surface area (Å²) in [5.41, 5.74) is 0.806. The molecule has 2 atom stereocenters. The Morgan fingerprint density at radius 2 is 1.63 bits per heavy atom. The average molecular weight is 500 g/mol. The Balaban J connectivity index is 1.35. The number of rotatable bonds is 7. The lowest BCUT2D eigenvalue weighted by Gasteiger charge is -2.38. The number of hydrogen-bond acceptors (Lipinski definition) is 5. The summed E-state index contributed by atoms with van der Waals surface area (Å²) in [6.45, 7) is 5.14. The number of hydrogen-bond donors (Lipinski definition) is 1. The van der Waals surface area contributed by atoms with Crippen LogP contribution in [0.15, 0.2) is 53.4 Å². The molecule has 2 fully saturated rings. The normalized spacial score (nSPS) is 21.0. The van der Waals surface area contributed by atoms with E-state index < -0.39 is 10.0 Å². The van der Waals surface area contributed by atoms with E-state index in [2.05, 4.69) is 19.2 Å². The van der Waals surface area contributed by atoms with Crippen LogP contribution in [0.3, 0.4) is 0 Å². The van der Waals surface area contributed by atoms with Gasteiger partial charge < -0.3 is 15.0 Å². The molecule has 2 aromatic carbocycles. The monoisotopic (exact) mass is 499 g/mol. The lowest BCUT2D eigenvalue weighted by atomic mass is 9.97. The molecular formula is C26H33N3O5S. The molecule has 188 valence electrons. The summed E-state index contributed by atoms with van der Waals surface area (Å²) in [6, 6.07) is 13.3. The molecule has 0 aromatic heterocycles. The fraction of sp³-hybridized carbons (Fsp3) is 0.462. The van der Waals surface area contributed by atoms with E-state index in [9.17, 15) is 18.0 Å². The summed E-state index contributed by atoms with van der Waals surface area (Å²) >= 11 is 0. The second kappa shape index (κ2) is 10.8. The lowest BCUT2D eigenvalue weighted by Crippen LogP contribution is -2.49. The molecule has 2 saturated heterocycles. The van der Waals surface area contributed by atoms with Crippen molar-refractivity contribution < 1.29 is 22.7 Å². The van der Waals surface area contributed by atoms with Crippen LogP contribution < -0.4 is 10.1 Å². The molecule has 2 aliphatic heterocycles. The minimum atomic E-state index is -3.56. The molecule has 0 spiro atoms. The highest BCUT2D eigenvalue weighted by molar-refractivity contribution is 7.89. The van der Waals surface area contributed by atoms with Gasteiger partial charge in [-0.15, -0.1) is 0 Å². The van der Waals surface area contributed by atoms with Gasteiger partial charge in [0.2, 0.25) is 10.0 Å². The molecule has 0 aliphatic carbocycles. The molecule has 2 amide bonds. The Bertz CT molecular complexity index is 1150. The highest BCUT2D eigenvalue weighted by Gasteiger charge is 2.29. The van der Waals surface area contributed by atoms with Crippen molar-refractivity contribution in [2.75, 3.05) is 25.0 Å². The fourth-order valence-corrected chi connectivity index (χ4v) is 6.41. The second-order valence-electron chi connectivity index (χ2n) is 9.34. The van der Waals surface area contributed by atoms with E-state index in [0.29, 0.717) is 30.1 Å². The van der Waals surface area contributed by atoms with Crippen LogP contribution in [0.25, 0.3) is 0 Å². The maximum absolute atomic E-state index is 12.8. The van der Waals surface area contributed by atoms with Crippen LogP contribution >= 0.6 is 0 Å². The molecule has 2 aliphatic rings. The van der Waals surface area contributed by atoms with E-state index in [4.69, 9.17) is 4.74 Å². The average Bonchev–Trinajstić information content (AvgIpc) is 3.39. The van der Waals surface area contributed by atoms with Crippen molar-refractivity contribution in [3.63, 3.8) is 0 Å². The first kappa shape index (κ1) is 25.2. The lowest BCUT2D eigenvalue weighted by molar-refractivity contribution is -0.139. The van der Waals surface area contributed by atoms with E-state index in [1.165, 1.54) is 10.4 Å². The summed E-state index contributed by atoms with van der Waals surface area (Å²) in [5.74, 6) is 0.112. The second-order valence-corrected chi connectivity index (χ2v) is 11.3. The SMILES string of the molecule is CC1CCCC(C)N1C(=O)COc1ccc(C(=O)Nc2cccc(S(=O)(=O)N3CCCC3)c2)cc1. The minimum Gasteiger partial charge on any atom is -0.484 e. The van der Waals surface area contributed by atoms with Crippen molar-refractivity contribution in [3.8, 4) is 5.75 Å². The molecule has 4 rings (SSSR count). The summed E-state index contributed by atoms with van der Waals surface area (Å²) in [5, 5.41) is 2.76. The third-order valence-corrected chi connectivity index (χ3v) is 8.65. The Kier molecular flexibility index (Phi) is 7.76. The van der Waals surface area contributed by atoms with Crippen LogP contribution in [-0.2, 0) is 14.8 Å². The number of benzene rings is 2. The smallest absolute Gasteiger partial charge is 0.260 e. The molecule has 9 heteroatoms. The molecular weight excluding hydrogens is 466 g/mol. The Morgan fingerprint density at radius 3 is 2.29 bits per heavy atom. The van der Waals surface area contributed by atoms with Crippen molar-refractivity contribution in [3.05, 3.63) is 54.1 Å². The third kappa shape index (κ3) is 5.85. The zero-order valence-electron chi connectivity index (χ0n) is 20.3. The van der Waals surface area contributed by atoms with Crippen LogP contribution in [0.4, 0.5) is 5.69 Å². The van der Waals surface area contributed by atoms with E-state index in [1.54, 1.807) is 42.5 Å². The van der Waals surface area contributed by atoms with Crippen molar-refractivity contribution in [1.29, 1.82) is 0 Å². The highest BCUT2D eigenvalue weighted by atomic mass is 32.2. The van der Waals surface area contributed by atoms with Gasteiger partial charge in [0.05, 0.1) is 4.90 Å². The molecule has 1 N–H and O–H groups in total. The van der Waals surface area contributed by atoms with Crippen LogP contribution in [0.5, 0.6) is 5.75 Å². The summed E-state index contributed by atoms with van der Waals surface area (Å²) in [7, 11) is -3.56. The first-order valence-electron chi connectivity index (χ1n) is 12.2. The van der Waals surface area contributed by atoms with Crippen LogP contribution in [-0.4, -0.2) is 61.2 Å². The van der Waals surface area contributed by atoms with Crippen LogP contribution in [0, 0.1) is 0 Å². The van der Waals surface area contributed by atoms with E-state index in [-0.39, 0.29) is 35.4 Å². The number of ether oxygens (including phenoxy) is 1. The number of nitrogens with zero attached hydrogens (tertiary/aromatic N) is 2. The van der Waals surface area contributed by atoms with E-state index in [1.807, 2.05) is 4.90 Å². The topological polar surface area (TPSA) is 96.0 Å². The van der Waals surface area contributed by atoms with Crippen molar-refractivity contribution in [2.45, 2.75) is 62.9 Å². The molecule has 2 heterocycles. The fourth-order valence-electron chi connectivity index (χ4n) is 4.85. The van der Waals surface area contributed by atoms with Gasteiger partial charge in [0.15, 0.2) is 6.61 Å². The summed E-state index contributed by atoms with van der Waals surface area (Å²) in [6.07, 6.45) is 4.87. The van der Waals surface area contributed by atoms with Gasteiger partial charge in [-0.1, -0.05) is 6.07 Å². The summed E-state index contributed by atoms with van der Waals surface area (Å²) in [4.78, 5) is 27.4. The number of carbonyl (C=O) groups is 2. The van der Waals surface area contributed by atoms with Gasteiger partial charge in [-0.3, -0.25) is 9.59 Å². The number of amides is 2. The first-order chi connectivity index (χ1) is 16.8. The van der Waals surface area contributed by atoms with Gasteiger partial charge >= 0.3 is 0 Å². The third-order valence-electron chi connectivity index (χ3n) is 6.76. The molecule has 8 nitrogen and oxygen atoms in total. The molecule has 0 bridgehead atoms. The number of anilines is 1. The molecule has 0 saturated carbocycles. The zero-order chi connectivity index (χ0) is 25.0. The van der Waals surface area contributed by atoms with Crippen molar-refractivity contribution in [1.82, 2.24) is 9.21 Å². The van der Waals surface area contributed by atoms with E-state index in [0.717, 1.165) is 32.1 Å². The number of piperidine rings is 1. The van der Waals surface area contributed by atoms with Crippen molar-refractivity contribution >= 4 is 27.5 Å². The Morgan fingerprint density at radius 1 is 0.971 bits per heavy atom. The molecule has 2 aromatic rings. The zero-order valence-corrected chi connectivity index (χ0v) is 21.1. The van der Waals surface area contributed by atoms with Crippen molar-refractivity contribution in [2.24, 2.45) is 0 Å². The number of likely N-dealkylation sites (tertiary alicyclic amines) is 1. The Labute approximate surface area is 207 Å². The van der Waals surface area contributed by atoms with Gasteiger partial charge in [-0.2, -0.15) is 4.31 Å². The predicted molar refractivity (Wildman–Crippen MR) is 134 cm³/mol. The minimum absolute atomic E-state index is 0.0321. The number of carbonyl (C=O) groups excluding carboxylic acids is 2. The molecule has 0 radical (unpaired) electrons. The van der Waals surface area contributed by atoms with Crippen LogP contribution in [0.2, 0.25) is 0 Å². The number of nitrogens with one attached hydrogen (secondary N) is 1. The molecule has 2 unspecified atom stereocenters.